The van der Waals surface area contributed by atoms with Crippen LogP contribution in [0.2, 0.25) is 5.02 Å². The number of benzene rings is 1. The van der Waals surface area contributed by atoms with Gasteiger partial charge in [0.1, 0.15) is 0 Å². The minimum absolute atomic E-state index is 0.0976. The zero-order valence-electron chi connectivity index (χ0n) is 10.3. The third kappa shape index (κ3) is 4.31. The topological polar surface area (TPSA) is 38.3 Å². The van der Waals surface area contributed by atoms with Crippen molar-refractivity contribution in [1.82, 2.24) is 5.32 Å². The molecule has 0 saturated carbocycles. The van der Waals surface area contributed by atoms with Crippen molar-refractivity contribution in [2.75, 3.05) is 13.2 Å². The molecule has 1 aliphatic rings. The van der Waals surface area contributed by atoms with E-state index in [0.717, 1.165) is 25.0 Å². The van der Waals surface area contributed by atoms with E-state index in [9.17, 15) is 4.79 Å². The minimum Gasteiger partial charge on any atom is -0.381 e. The maximum absolute atomic E-state index is 11.8. The molecule has 1 heterocycles. The Morgan fingerprint density at radius 3 is 2.83 bits per heavy atom. The van der Waals surface area contributed by atoms with Gasteiger partial charge in [0.25, 0.3) is 0 Å². The molecule has 1 aromatic carbocycles. The highest BCUT2D eigenvalue weighted by Crippen LogP contribution is 2.17. The molecule has 1 aliphatic heterocycles. The fourth-order valence-corrected chi connectivity index (χ4v) is 2.23. The van der Waals surface area contributed by atoms with Crippen molar-refractivity contribution in [1.29, 1.82) is 0 Å². The Morgan fingerprint density at radius 2 is 2.17 bits per heavy atom. The third-order valence-electron chi connectivity index (χ3n) is 3.13. The van der Waals surface area contributed by atoms with E-state index in [1.807, 2.05) is 24.3 Å². The van der Waals surface area contributed by atoms with Crippen LogP contribution in [0.25, 0.3) is 0 Å². The zero-order valence-corrected chi connectivity index (χ0v) is 11.1. The molecule has 1 atom stereocenters. The van der Waals surface area contributed by atoms with E-state index in [2.05, 4.69) is 5.32 Å². The molecule has 1 N–H and O–H groups in total. The molecule has 18 heavy (non-hydrogen) atoms. The van der Waals surface area contributed by atoms with Gasteiger partial charge in [-0.1, -0.05) is 23.7 Å². The molecule has 1 aromatic rings. The maximum atomic E-state index is 11.8. The highest BCUT2D eigenvalue weighted by molar-refractivity contribution is 6.30. The van der Waals surface area contributed by atoms with Crippen LogP contribution >= 0.6 is 11.6 Å². The van der Waals surface area contributed by atoms with Gasteiger partial charge in [0.2, 0.25) is 5.91 Å². The van der Waals surface area contributed by atoms with Crippen LogP contribution in [0.1, 0.15) is 24.8 Å². The predicted molar refractivity (Wildman–Crippen MR) is 71.5 cm³/mol. The van der Waals surface area contributed by atoms with Gasteiger partial charge in [-0.05, 0) is 36.5 Å². The number of hydrogen-bond acceptors (Lipinski definition) is 2. The van der Waals surface area contributed by atoms with Crippen LogP contribution in [0.3, 0.4) is 0 Å². The summed E-state index contributed by atoms with van der Waals surface area (Å²) in [4.78, 5) is 11.8. The Morgan fingerprint density at radius 1 is 1.39 bits per heavy atom. The summed E-state index contributed by atoms with van der Waals surface area (Å²) in [5, 5.41) is 3.64. The molecule has 4 heteroatoms. The zero-order chi connectivity index (χ0) is 12.8. The number of rotatable bonds is 4. The van der Waals surface area contributed by atoms with Gasteiger partial charge in [0.15, 0.2) is 0 Å². The largest absolute Gasteiger partial charge is 0.381 e. The molecule has 1 amide bonds. The first kappa shape index (κ1) is 13.4. The van der Waals surface area contributed by atoms with Gasteiger partial charge in [-0.3, -0.25) is 4.79 Å². The Kier molecular flexibility index (Phi) is 5.02. The lowest BCUT2D eigenvalue weighted by atomic mass is 9.98. The molecule has 1 saturated heterocycles. The number of ether oxygens (including phenoxy) is 1. The molecular formula is C14H18ClNO2. The van der Waals surface area contributed by atoms with Gasteiger partial charge < -0.3 is 10.1 Å². The molecule has 3 nitrogen and oxygen atoms in total. The summed E-state index contributed by atoms with van der Waals surface area (Å²) in [5.41, 5.74) is 1.06. The first-order valence-electron chi connectivity index (χ1n) is 6.33. The predicted octanol–water partition coefficient (Wildman–Crippen LogP) is 2.77. The SMILES string of the molecule is O=C(CC1CCCOC1)NCc1ccc(Cl)cc1. The average molecular weight is 268 g/mol. The monoisotopic (exact) mass is 267 g/mol. The van der Waals surface area contributed by atoms with Gasteiger partial charge in [0.05, 0.1) is 0 Å². The highest BCUT2D eigenvalue weighted by Gasteiger charge is 2.17. The van der Waals surface area contributed by atoms with E-state index in [1.54, 1.807) is 0 Å². The molecule has 0 bridgehead atoms. The molecule has 0 aliphatic carbocycles. The number of nitrogens with one attached hydrogen (secondary N) is 1. The Bertz CT molecular complexity index is 385. The Balaban J connectivity index is 1.72. The van der Waals surface area contributed by atoms with E-state index < -0.39 is 0 Å². The highest BCUT2D eigenvalue weighted by atomic mass is 35.5. The van der Waals surface area contributed by atoms with E-state index in [-0.39, 0.29) is 5.91 Å². The normalized spacial score (nSPS) is 19.5. The molecule has 1 fully saturated rings. The van der Waals surface area contributed by atoms with Gasteiger partial charge in [-0.25, -0.2) is 0 Å². The van der Waals surface area contributed by atoms with Crippen molar-refractivity contribution >= 4 is 17.5 Å². The van der Waals surface area contributed by atoms with Crippen LogP contribution in [-0.2, 0) is 16.1 Å². The van der Waals surface area contributed by atoms with Crippen molar-refractivity contribution in [3.63, 3.8) is 0 Å². The fourth-order valence-electron chi connectivity index (χ4n) is 2.11. The molecule has 0 aromatic heterocycles. The second-order valence-corrected chi connectivity index (χ2v) is 5.13. The number of halogens is 1. The second-order valence-electron chi connectivity index (χ2n) is 4.69. The standard InChI is InChI=1S/C14H18ClNO2/c15-13-5-3-11(4-6-13)9-16-14(17)8-12-2-1-7-18-10-12/h3-6,12H,1-2,7-10H2,(H,16,17). The molecule has 2 rings (SSSR count). The number of hydrogen-bond donors (Lipinski definition) is 1. The fraction of sp³-hybridized carbons (Fsp3) is 0.500. The smallest absolute Gasteiger partial charge is 0.220 e. The summed E-state index contributed by atoms with van der Waals surface area (Å²) in [6.07, 6.45) is 2.72. The third-order valence-corrected chi connectivity index (χ3v) is 3.38. The Labute approximate surface area is 112 Å². The van der Waals surface area contributed by atoms with Crippen LogP contribution in [0.5, 0.6) is 0 Å². The maximum Gasteiger partial charge on any atom is 0.220 e. The van der Waals surface area contributed by atoms with Crippen LogP contribution in [0, 0.1) is 5.92 Å². The molecule has 0 spiro atoms. The quantitative estimate of drug-likeness (QED) is 0.911. The van der Waals surface area contributed by atoms with E-state index in [4.69, 9.17) is 16.3 Å². The van der Waals surface area contributed by atoms with Crippen LogP contribution < -0.4 is 5.32 Å². The summed E-state index contributed by atoms with van der Waals surface area (Å²) >= 11 is 5.80. The lowest BCUT2D eigenvalue weighted by Gasteiger charge is -2.21. The van der Waals surface area contributed by atoms with Gasteiger partial charge in [-0.2, -0.15) is 0 Å². The van der Waals surface area contributed by atoms with Crippen LogP contribution in [0.15, 0.2) is 24.3 Å². The first-order chi connectivity index (χ1) is 8.74. The van der Waals surface area contributed by atoms with E-state index in [0.29, 0.717) is 30.5 Å². The summed E-state index contributed by atoms with van der Waals surface area (Å²) in [6.45, 7) is 2.11. The van der Waals surface area contributed by atoms with Gasteiger partial charge in [0, 0.05) is 31.2 Å². The molecular weight excluding hydrogens is 250 g/mol. The lowest BCUT2D eigenvalue weighted by molar-refractivity contribution is -0.123. The summed E-state index contributed by atoms with van der Waals surface area (Å²) in [6, 6.07) is 7.51. The summed E-state index contributed by atoms with van der Waals surface area (Å²) < 4.78 is 5.36. The average Bonchev–Trinajstić information content (AvgIpc) is 2.39. The lowest BCUT2D eigenvalue weighted by Crippen LogP contribution is -2.28. The molecule has 98 valence electrons. The number of amides is 1. The summed E-state index contributed by atoms with van der Waals surface area (Å²) in [7, 11) is 0. The van der Waals surface area contributed by atoms with Gasteiger partial charge >= 0.3 is 0 Å². The van der Waals surface area contributed by atoms with Crippen LogP contribution in [0.4, 0.5) is 0 Å². The first-order valence-corrected chi connectivity index (χ1v) is 6.71. The van der Waals surface area contributed by atoms with E-state index in [1.165, 1.54) is 0 Å². The summed E-state index contributed by atoms with van der Waals surface area (Å²) in [5.74, 6) is 0.476. The van der Waals surface area contributed by atoms with E-state index >= 15 is 0 Å². The van der Waals surface area contributed by atoms with Gasteiger partial charge in [-0.15, -0.1) is 0 Å². The minimum atomic E-state index is 0.0976. The second kappa shape index (κ2) is 6.76. The van der Waals surface area contributed by atoms with Crippen molar-refractivity contribution in [2.24, 2.45) is 5.92 Å². The Hall–Kier alpha value is -1.06. The van der Waals surface area contributed by atoms with Crippen LogP contribution in [-0.4, -0.2) is 19.1 Å². The molecule has 1 unspecified atom stereocenters. The molecule has 0 radical (unpaired) electrons. The number of carbonyl (C=O) groups is 1. The van der Waals surface area contributed by atoms with Crippen molar-refractivity contribution < 1.29 is 9.53 Å². The number of carbonyl (C=O) groups excluding carboxylic acids is 1. The van der Waals surface area contributed by atoms with Crippen molar-refractivity contribution in [3.05, 3.63) is 34.9 Å². The van der Waals surface area contributed by atoms with Crippen molar-refractivity contribution in [3.8, 4) is 0 Å². The van der Waals surface area contributed by atoms with Crippen molar-refractivity contribution in [2.45, 2.75) is 25.8 Å².